The third-order valence-corrected chi connectivity index (χ3v) is 5.65. The van der Waals surface area contributed by atoms with E-state index in [2.05, 4.69) is 37.5 Å². The fraction of sp³-hybridized carbons (Fsp3) is 0.538. The van der Waals surface area contributed by atoms with Crippen LogP contribution in [0.5, 0.6) is 11.5 Å². The zero-order valence-corrected chi connectivity index (χ0v) is 20.0. The summed E-state index contributed by atoms with van der Waals surface area (Å²) in [5.74, 6) is 1.49. The van der Waals surface area contributed by atoms with E-state index >= 15 is 0 Å². The van der Waals surface area contributed by atoms with E-state index < -0.39 is 12.2 Å². The fourth-order valence-electron chi connectivity index (χ4n) is 3.54. The predicted octanol–water partition coefficient (Wildman–Crippen LogP) is 3.52. The minimum Gasteiger partial charge on any atom is -0.491 e. The molecule has 0 unspecified atom stereocenters. The standard InChI is InChI=1S/C26H40N2O4/c1-5-27(6-2)17-23(29)19-31-25-13-9-21(10-14-25)22-11-15-26(16-12-22)32-20-24(30)18-28(7-3)8-4/h9-16,23-24,29-30H,5-8,17-20H2,1-4H3/t23-,24-/m1/s1. The van der Waals surface area contributed by atoms with Crippen molar-refractivity contribution in [1.29, 1.82) is 0 Å². The normalized spacial score (nSPS) is 13.4. The monoisotopic (exact) mass is 444 g/mol. The molecule has 0 saturated heterocycles. The van der Waals surface area contributed by atoms with Crippen molar-refractivity contribution in [1.82, 2.24) is 9.80 Å². The van der Waals surface area contributed by atoms with Crippen LogP contribution in [0.1, 0.15) is 27.7 Å². The van der Waals surface area contributed by atoms with Crippen LogP contribution < -0.4 is 9.47 Å². The Morgan fingerprint density at radius 1 is 0.594 bits per heavy atom. The fourth-order valence-corrected chi connectivity index (χ4v) is 3.54. The summed E-state index contributed by atoms with van der Waals surface area (Å²) in [5, 5.41) is 20.3. The molecule has 2 N–H and O–H groups in total. The van der Waals surface area contributed by atoms with Gasteiger partial charge in [0.05, 0.1) is 0 Å². The summed E-state index contributed by atoms with van der Waals surface area (Å²) in [6.07, 6.45) is -1.01. The minimum absolute atomic E-state index is 0.280. The van der Waals surface area contributed by atoms with Gasteiger partial charge in [0.15, 0.2) is 0 Å². The third-order valence-electron chi connectivity index (χ3n) is 5.65. The quantitative estimate of drug-likeness (QED) is 0.438. The van der Waals surface area contributed by atoms with Gasteiger partial charge in [0, 0.05) is 13.1 Å². The Morgan fingerprint density at radius 2 is 0.906 bits per heavy atom. The van der Waals surface area contributed by atoms with Crippen molar-refractivity contribution in [2.75, 3.05) is 52.5 Å². The van der Waals surface area contributed by atoms with Gasteiger partial charge >= 0.3 is 0 Å². The molecule has 178 valence electrons. The molecule has 0 saturated carbocycles. The summed E-state index contributed by atoms with van der Waals surface area (Å²) >= 11 is 0. The van der Waals surface area contributed by atoms with Crippen LogP contribution >= 0.6 is 0 Å². The van der Waals surface area contributed by atoms with Crippen molar-refractivity contribution in [3.63, 3.8) is 0 Å². The summed E-state index contributed by atoms with van der Waals surface area (Å²) in [6, 6.07) is 15.7. The van der Waals surface area contributed by atoms with Gasteiger partial charge < -0.3 is 29.5 Å². The second-order valence-electron chi connectivity index (χ2n) is 7.95. The van der Waals surface area contributed by atoms with Gasteiger partial charge in [-0.1, -0.05) is 52.0 Å². The lowest BCUT2D eigenvalue weighted by molar-refractivity contribution is 0.0715. The number of hydrogen-bond acceptors (Lipinski definition) is 6. The summed E-state index contributed by atoms with van der Waals surface area (Å²) in [5.41, 5.74) is 2.16. The number of aliphatic hydroxyl groups is 2. The molecule has 2 aromatic rings. The molecule has 2 rings (SSSR count). The van der Waals surface area contributed by atoms with E-state index in [4.69, 9.17) is 9.47 Å². The number of rotatable bonds is 15. The first-order valence-electron chi connectivity index (χ1n) is 11.8. The lowest BCUT2D eigenvalue weighted by atomic mass is 10.1. The molecule has 2 atom stereocenters. The molecule has 0 aliphatic heterocycles. The Balaban J connectivity index is 1.82. The SMILES string of the molecule is CCN(CC)C[C@@H](O)COc1ccc(-c2ccc(OC[C@H](O)CN(CC)CC)cc2)cc1. The highest BCUT2D eigenvalue weighted by Crippen LogP contribution is 2.25. The molecule has 0 fully saturated rings. The molecule has 0 aromatic heterocycles. The molecule has 0 spiro atoms. The average molecular weight is 445 g/mol. The second kappa shape index (κ2) is 14.1. The molecule has 0 amide bonds. The molecule has 6 heteroatoms. The van der Waals surface area contributed by atoms with Crippen LogP contribution in [0.3, 0.4) is 0 Å². The van der Waals surface area contributed by atoms with E-state index in [-0.39, 0.29) is 13.2 Å². The molecule has 32 heavy (non-hydrogen) atoms. The van der Waals surface area contributed by atoms with Crippen LogP contribution in [0.25, 0.3) is 11.1 Å². The zero-order valence-electron chi connectivity index (χ0n) is 20.0. The van der Waals surface area contributed by atoms with Crippen molar-refractivity contribution >= 4 is 0 Å². The summed E-state index contributed by atoms with van der Waals surface area (Å²) in [6.45, 7) is 13.8. The highest BCUT2D eigenvalue weighted by molar-refractivity contribution is 5.64. The van der Waals surface area contributed by atoms with Gasteiger partial charge in [-0.2, -0.15) is 0 Å². The van der Waals surface area contributed by atoms with Gasteiger partial charge in [0.25, 0.3) is 0 Å². The van der Waals surface area contributed by atoms with E-state index in [1.54, 1.807) is 0 Å². The number of benzene rings is 2. The van der Waals surface area contributed by atoms with Gasteiger partial charge in [0.2, 0.25) is 0 Å². The largest absolute Gasteiger partial charge is 0.491 e. The minimum atomic E-state index is -0.507. The van der Waals surface area contributed by atoms with Crippen LogP contribution in [0.2, 0.25) is 0 Å². The van der Waals surface area contributed by atoms with E-state index in [0.29, 0.717) is 13.1 Å². The molecule has 2 aromatic carbocycles. The maximum Gasteiger partial charge on any atom is 0.119 e. The smallest absolute Gasteiger partial charge is 0.119 e. The third kappa shape index (κ3) is 8.79. The van der Waals surface area contributed by atoms with Crippen molar-refractivity contribution in [2.45, 2.75) is 39.9 Å². The van der Waals surface area contributed by atoms with Crippen LogP contribution in [0.15, 0.2) is 48.5 Å². The van der Waals surface area contributed by atoms with Gasteiger partial charge in [-0.05, 0) is 61.6 Å². The number of aliphatic hydroxyl groups excluding tert-OH is 2. The van der Waals surface area contributed by atoms with Crippen molar-refractivity contribution in [3.05, 3.63) is 48.5 Å². The van der Waals surface area contributed by atoms with Crippen LogP contribution in [-0.4, -0.2) is 84.7 Å². The summed E-state index contributed by atoms with van der Waals surface area (Å²) in [7, 11) is 0. The van der Waals surface area contributed by atoms with Crippen molar-refractivity contribution in [2.24, 2.45) is 0 Å². The topological polar surface area (TPSA) is 65.4 Å². The Morgan fingerprint density at radius 3 is 1.19 bits per heavy atom. The van der Waals surface area contributed by atoms with Crippen LogP contribution in [0.4, 0.5) is 0 Å². The average Bonchev–Trinajstić information content (AvgIpc) is 2.84. The van der Waals surface area contributed by atoms with E-state index in [9.17, 15) is 10.2 Å². The Hall–Kier alpha value is -2.12. The Kier molecular flexibility index (Phi) is 11.5. The van der Waals surface area contributed by atoms with Crippen LogP contribution in [-0.2, 0) is 0 Å². The predicted molar refractivity (Wildman–Crippen MR) is 130 cm³/mol. The summed E-state index contributed by atoms with van der Waals surface area (Å²) in [4.78, 5) is 4.35. The van der Waals surface area contributed by atoms with E-state index in [1.165, 1.54) is 0 Å². The number of nitrogens with zero attached hydrogens (tertiary/aromatic N) is 2. The van der Waals surface area contributed by atoms with Crippen molar-refractivity contribution < 1.29 is 19.7 Å². The van der Waals surface area contributed by atoms with Gasteiger partial charge in [-0.3, -0.25) is 0 Å². The van der Waals surface area contributed by atoms with Gasteiger partial charge in [-0.25, -0.2) is 0 Å². The molecule has 0 aliphatic carbocycles. The number of hydrogen-bond donors (Lipinski definition) is 2. The van der Waals surface area contributed by atoms with Crippen molar-refractivity contribution in [3.8, 4) is 22.6 Å². The lowest BCUT2D eigenvalue weighted by Crippen LogP contribution is -2.35. The van der Waals surface area contributed by atoms with Crippen LogP contribution in [0, 0.1) is 0 Å². The molecule has 0 radical (unpaired) electrons. The first-order valence-corrected chi connectivity index (χ1v) is 11.8. The molecular weight excluding hydrogens is 404 g/mol. The van der Waals surface area contributed by atoms with E-state index in [1.807, 2.05) is 48.5 Å². The maximum absolute atomic E-state index is 10.2. The summed E-state index contributed by atoms with van der Waals surface area (Å²) < 4.78 is 11.5. The first-order chi connectivity index (χ1) is 15.5. The van der Waals surface area contributed by atoms with E-state index in [0.717, 1.165) is 48.8 Å². The first kappa shape index (κ1) is 26.1. The molecular formula is C26H40N2O4. The number of ether oxygens (including phenoxy) is 2. The Labute approximate surface area is 193 Å². The number of likely N-dealkylation sites (N-methyl/N-ethyl adjacent to an activating group) is 2. The molecule has 0 heterocycles. The Bertz CT molecular complexity index is 678. The highest BCUT2D eigenvalue weighted by Gasteiger charge is 2.11. The van der Waals surface area contributed by atoms with Gasteiger partial charge in [0.1, 0.15) is 36.9 Å². The highest BCUT2D eigenvalue weighted by atomic mass is 16.5. The van der Waals surface area contributed by atoms with Gasteiger partial charge in [-0.15, -0.1) is 0 Å². The molecule has 0 bridgehead atoms. The maximum atomic E-state index is 10.2. The molecule has 6 nitrogen and oxygen atoms in total. The lowest BCUT2D eigenvalue weighted by Gasteiger charge is -2.22. The molecule has 0 aliphatic rings. The second-order valence-corrected chi connectivity index (χ2v) is 7.95. The zero-order chi connectivity index (χ0) is 23.3.